The summed E-state index contributed by atoms with van der Waals surface area (Å²) in [4.78, 5) is 33.2. The number of rotatable bonds is 6. The number of carbonyl (C=O) groups excluding carboxylic acids is 2. The minimum atomic E-state index is -1.02. The van der Waals surface area contributed by atoms with Crippen molar-refractivity contribution in [2.45, 2.75) is 33.3 Å². The number of aromatic nitrogens is 4. The van der Waals surface area contributed by atoms with Gasteiger partial charge in [0.25, 0.3) is 11.7 Å². The first kappa shape index (κ1) is 20.5. The molecule has 3 aromatic rings. The predicted molar refractivity (Wildman–Crippen MR) is 106 cm³/mol. The molecular weight excluding hydrogens is 398 g/mol. The minimum absolute atomic E-state index is 0.0431. The number of amides is 1. The first-order chi connectivity index (χ1) is 13.8. The van der Waals surface area contributed by atoms with Gasteiger partial charge < -0.3 is 14.8 Å². The lowest BCUT2D eigenvalue weighted by Gasteiger charge is -2.16. The van der Waals surface area contributed by atoms with Crippen molar-refractivity contribution in [2.75, 3.05) is 12.4 Å². The van der Waals surface area contributed by atoms with Crippen LogP contribution >= 0.6 is 11.6 Å². The van der Waals surface area contributed by atoms with Gasteiger partial charge in [-0.15, -0.1) is 0 Å². The van der Waals surface area contributed by atoms with E-state index in [2.05, 4.69) is 20.4 Å². The van der Waals surface area contributed by atoms with Gasteiger partial charge in [0.1, 0.15) is 12.1 Å². The van der Waals surface area contributed by atoms with Crippen molar-refractivity contribution >= 4 is 34.9 Å². The molecule has 2 heterocycles. The van der Waals surface area contributed by atoms with E-state index in [0.717, 1.165) is 5.69 Å². The number of fused-ring (bicyclic) bond motifs is 1. The third kappa shape index (κ3) is 4.45. The second-order valence-corrected chi connectivity index (χ2v) is 6.81. The summed E-state index contributed by atoms with van der Waals surface area (Å²) in [6, 6.07) is 4.83. The van der Waals surface area contributed by atoms with Crippen molar-refractivity contribution in [1.82, 2.24) is 19.6 Å². The Kier molecular flexibility index (Phi) is 5.97. The molecule has 0 unspecified atom stereocenters. The molecule has 0 bridgehead atoms. The minimum Gasteiger partial charge on any atom is -0.495 e. The average molecular weight is 418 g/mol. The van der Waals surface area contributed by atoms with Crippen molar-refractivity contribution in [3.05, 3.63) is 46.5 Å². The summed E-state index contributed by atoms with van der Waals surface area (Å²) in [7, 11) is 1.48. The molecule has 0 aliphatic carbocycles. The molecule has 0 fully saturated rings. The molecule has 9 nitrogen and oxygen atoms in total. The summed E-state index contributed by atoms with van der Waals surface area (Å²) in [5.41, 5.74) is 2.46. The Balaban J connectivity index is 1.68. The zero-order valence-electron chi connectivity index (χ0n) is 16.4. The first-order valence-electron chi connectivity index (χ1n) is 8.80. The van der Waals surface area contributed by atoms with Crippen LogP contribution in [-0.4, -0.2) is 44.7 Å². The summed E-state index contributed by atoms with van der Waals surface area (Å²) in [6.45, 7) is 5.09. The Hall–Kier alpha value is -3.20. The maximum absolute atomic E-state index is 12.4. The van der Waals surface area contributed by atoms with Crippen LogP contribution in [0.3, 0.4) is 0 Å². The van der Waals surface area contributed by atoms with Gasteiger partial charge in [-0.25, -0.2) is 9.50 Å². The second-order valence-electron chi connectivity index (χ2n) is 6.38. The molecule has 0 saturated heterocycles. The van der Waals surface area contributed by atoms with E-state index in [0.29, 0.717) is 33.5 Å². The highest BCUT2D eigenvalue weighted by Crippen LogP contribution is 2.27. The molecule has 3 rings (SSSR count). The van der Waals surface area contributed by atoms with Crippen LogP contribution in [0.5, 0.6) is 5.75 Å². The average Bonchev–Trinajstić information content (AvgIpc) is 3.13. The second kappa shape index (κ2) is 8.44. The van der Waals surface area contributed by atoms with Gasteiger partial charge in [0, 0.05) is 22.0 Å². The van der Waals surface area contributed by atoms with Gasteiger partial charge in [0.2, 0.25) is 0 Å². The zero-order chi connectivity index (χ0) is 21.1. The number of halogens is 1. The highest BCUT2D eigenvalue weighted by atomic mass is 35.5. The van der Waals surface area contributed by atoms with E-state index in [1.165, 1.54) is 20.4 Å². The summed E-state index contributed by atoms with van der Waals surface area (Å²) in [5, 5.41) is 7.18. The van der Waals surface area contributed by atoms with Gasteiger partial charge in [0.15, 0.2) is 6.10 Å². The number of ether oxygens (including phenoxy) is 2. The van der Waals surface area contributed by atoms with Crippen LogP contribution in [0.1, 0.15) is 23.9 Å². The van der Waals surface area contributed by atoms with Gasteiger partial charge >= 0.3 is 5.97 Å². The third-order valence-electron chi connectivity index (χ3n) is 4.41. The summed E-state index contributed by atoms with van der Waals surface area (Å²) in [6.07, 6.45) is 0.334. The smallest absolute Gasteiger partial charge is 0.311 e. The largest absolute Gasteiger partial charge is 0.495 e. The molecule has 2 aromatic heterocycles. The monoisotopic (exact) mass is 417 g/mol. The van der Waals surface area contributed by atoms with Crippen LogP contribution in [0.2, 0.25) is 5.02 Å². The van der Waals surface area contributed by atoms with E-state index in [1.54, 1.807) is 29.6 Å². The number of nitrogens with zero attached hydrogens (tertiary/aromatic N) is 4. The number of carbonyl (C=O) groups is 2. The number of aryl methyl sites for hydroxylation is 2. The summed E-state index contributed by atoms with van der Waals surface area (Å²) >= 11 is 5.96. The maximum Gasteiger partial charge on any atom is 0.311 e. The van der Waals surface area contributed by atoms with Gasteiger partial charge in [-0.1, -0.05) is 11.6 Å². The molecule has 1 aromatic carbocycles. The SMILES string of the molecule is COc1ccc(Cl)cc1NC(=O)[C@H](C)OC(=O)Cc1c(C)nc2ncnn2c1C. The normalized spacial score (nSPS) is 11.9. The fourth-order valence-corrected chi connectivity index (χ4v) is 3.03. The highest BCUT2D eigenvalue weighted by molar-refractivity contribution is 6.31. The van der Waals surface area contributed by atoms with E-state index in [-0.39, 0.29) is 6.42 Å². The molecule has 152 valence electrons. The van der Waals surface area contributed by atoms with Crippen LogP contribution in [0, 0.1) is 13.8 Å². The molecule has 0 aliphatic heterocycles. The van der Waals surface area contributed by atoms with Crippen molar-refractivity contribution in [2.24, 2.45) is 0 Å². The lowest BCUT2D eigenvalue weighted by molar-refractivity contribution is -0.152. The van der Waals surface area contributed by atoms with Gasteiger partial charge in [0.05, 0.1) is 19.2 Å². The van der Waals surface area contributed by atoms with E-state index >= 15 is 0 Å². The van der Waals surface area contributed by atoms with Crippen molar-refractivity contribution in [1.29, 1.82) is 0 Å². The lowest BCUT2D eigenvalue weighted by atomic mass is 10.1. The Morgan fingerprint density at radius 2 is 2.07 bits per heavy atom. The Morgan fingerprint density at radius 1 is 1.31 bits per heavy atom. The Bertz CT molecular complexity index is 1080. The van der Waals surface area contributed by atoms with Crippen LogP contribution in [-0.2, 0) is 20.7 Å². The third-order valence-corrected chi connectivity index (χ3v) is 4.64. The molecule has 1 atom stereocenters. The van der Waals surface area contributed by atoms with Crippen molar-refractivity contribution < 1.29 is 19.1 Å². The number of nitrogens with one attached hydrogen (secondary N) is 1. The first-order valence-corrected chi connectivity index (χ1v) is 9.17. The van der Waals surface area contributed by atoms with E-state index in [1.807, 2.05) is 6.92 Å². The molecule has 0 spiro atoms. The molecule has 1 amide bonds. The highest BCUT2D eigenvalue weighted by Gasteiger charge is 2.21. The zero-order valence-corrected chi connectivity index (χ0v) is 17.1. The molecule has 1 N–H and O–H groups in total. The van der Waals surface area contributed by atoms with Crippen molar-refractivity contribution in [3.63, 3.8) is 0 Å². The number of hydrogen-bond donors (Lipinski definition) is 1. The standard InChI is InChI=1S/C19H20ClN5O4/c1-10-14(11(2)25-19(23-10)21-9-22-25)8-17(26)29-12(3)18(27)24-15-7-13(20)5-6-16(15)28-4/h5-7,9,12H,8H2,1-4H3,(H,24,27)/t12-/m0/s1. The Morgan fingerprint density at radius 3 is 2.79 bits per heavy atom. The fraction of sp³-hybridized carbons (Fsp3) is 0.316. The Labute approximate surface area is 172 Å². The quantitative estimate of drug-likeness (QED) is 0.614. The number of hydrogen-bond acceptors (Lipinski definition) is 7. The van der Waals surface area contributed by atoms with Crippen LogP contribution in [0.4, 0.5) is 5.69 Å². The van der Waals surface area contributed by atoms with Gasteiger partial charge in [-0.2, -0.15) is 10.1 Å². The number of anilines is 1. The van der Waals surface area contributed by atoms with Crippen LogP contribution < -0.4 is 10.1 Å². The van der Waals surface area contributed by atoms with Crippen molar-refractivity contribution in [3.8, 4) is 5.75 Å². The molecule has 29 heavy (non-hydrogen) atoms. The molecule has 0 saturated carbocycles. The topological polar surface area (TPSA) is 108 Å². The van der Waals surface area contributed by atoms with Crippen LogP contribution in [0.25, 0.3) is 5.78 Å². The molecule has 0 aliphatic rings. The predicted octanol–water partition coefficient (Wildman–Crippen LogP) is 2.52. The molecule has 0 radical (unpaired) electrons. The number of methoxy groups -OCH3 is 1. The fourth-order valence-electron chi connectivity index (χ4n) is 2.86. The summed E-state index contributed by atoms with van der Waals surface area (Å²) < 4.78 is 12.0. The summed E-state index contributed by atoms with van der Waals surface area (Å²) in [5.74, 6) is -0.157. The molecule has 10 heteroatoms. The van der Waals surface area contributed by atoms with Gasteiger partial charge in [-0.3, -0.25) is 9.59 Å². The maximum atomic E-state index is 12.4. The van der Waals surface area contributed by atoms with Gasteiger partial charge in [-0.05, 0) is 39.0 Å². The van der Waals surface area contributed by atoms with E-state index < -0.39 is 18.0 Å². The van der Waals surface area contributed by atoms with E-state index in [4.69, 9.17) is 21.1 Å². The number of benzene rings is 1. The molecular formula is C19H20ClN5O4. The van der Waals surface area contributed by atoms with Crippen LogP contribution in [0.15, 0.2) is 24.5 Å². The van der Waals surface area contributed by atoms with E-state index in [9.17, 15) is 9.59 Å². The number of esters is 1. The lowest BCUT2D eigenvalue weighted by Crippen LogP contribution is -2.31.